The molecule has 0 aliphatic heterocycles. The highest BCUT2D eigenvalue weighted by molar-refractivity contribution is 5.95. The minimum atomic E-state index is -0.169. The second-order valence-electron chi connectivity index (χ2n) is 22.1. The van der Waals surface area contributed by atoms with Gasteiger partial charge in [0.25, 0.3) is 0 Å². The molecule has 3 nitrogen and oxygen atoms in total. The molecule has 0 aliphatic carbocycles. The summed E-state index contributed by atoms with van der Waals surface area (Å²) in [6, 6.07) is 136. The molecule has 88 heavy (non-hydrogen) atoms. The van der Waals surface area contributed by atoms with Gasteiger partial charge in [0.1, 0.15) is 0 Å². The van der Waals surface area contributed by atoms with Gasteiger partial charge < -0.3 is 14.7 Å². The van der Waals surface area contributed by atoms with E-state index in [0.29, 0.717) is 0 Å². The molecule has 0 fully saturated rings. The molecule has 0 atom stereocenters. The summed E-state index contributed by atoms with van der Waals surface area (Å²) in [4.78, 5) is 7.24. The highest BCUT2D eigenvalue weighted by Gasteiger charge is 2.28. The summed E-state index contributed by atoms with van der Waals surface area (Å²) in [5.41, 5.74) is 24.5. The number of hydrogen-bond acceptors (Lipinski definition) is 3. The van der Waals surface area contributed by atoms with Crippen LogP contribution in [-0.4, -0.2) is 0 Å². The number of rotatable bonds is 17. The van der Waals surface area contributed by atoms with E-state index in [-0.39, 0.29) is 5.92 Å². The molecule has 418 valence electrons. The van der Waals surface area contributed by atoms with E-state index in [0.717, 1.165) is 84.6 Å². The monoisotopic (exact) mass is 1130 g/mol. The predicted molar refractivity (Wildman–Crippen MR) is 372 cm³/mol. The fourth-order valence-corrected chi connectivity index (χ4v) is 12.3. The van der Waals surface area contributed by atoms with Crippen molar-refractivity contribution in [1.82, 2.24) is 0 Å². The number of hydrogen-bond donors (Lipinski definition) is 0. The molecule has 0 spiro atoms. The summed E-state index contributed by atoms with van der Waals surface area (Å²) >= 11 is 0. The minimum Gasteiger partial charge on any atom is -0.310 e. The van der Waals surface area contributed by atoms with Crippen molar-refractivity contribution in [3.63, 3.8) is 0 Å². The predicted octanol–water partition coefficient (Wildman–Crippen LogP) is 23.6. The van der Waals surface area contributed by atoms with Crippen molar-refractivity contribution in [1.29, 1.82) is 0 Å². The second kappa shape index (κ2) is 25.4. The molecule has 0 N–H and O–H groups in total. The molecule has 0 saturated carbocycles. The van der Waals surface area contributed by atoms with E-state index in [1.54, 1.807) is 0 Å². The van der Waals surface area contributed by atoms with E-state index in [1.165, 1.54) is 38.9 Å². The number of anilines is 9. The second-order valence-corrected chi connectivity index (χ2v) is 22.1. The first-order chi connectivity index (χ1) is 43.7. The number of nitrogens with zero attached hydrogens (tertiary/aromatic N) is 3. The molecule has 14 aromatic rings. The van der Waals surface area contributed by atoms with Crippen LogP contribution in [0.1, 0.15) is 22.6 Å². The van der Waals surface area contributed by atoms with Crippen LogP contribution < -0.4 is 14.7 Å². The van der Waals surface area contributed by atoms with Crippen molar-refractivity contribution in [2.24, 2.45) is 0 Å². The van der Waals surface area contributed by atoms with Crippen LogP contribution in [0.25, 0.3) is 55.6 Å². The van der Waals surface area contributed by atoms with Crippen molar-refractivity contribution >= 4 is 51.2 Å². The SMILES string of the molecule is c1ccc(-c2ccc(N(c3ccc(-c4ccccc4)cc3)c3ccc(-c4ccc(N(c5ccc(-c6ccccc6)cc5)c5ccc(-c6ccccc6)cc5)cc4N(c4ccccc4)c4ccccc4)c(C(c4ccccc4)c4ccccc4)c3)cc2)cc1. The molecule has 0 unspecified atom stereocenters. The van der Waals surface area contributed by atoms with E-state index in [9.17, 15) is 0 Å². The van der Waals surface area contributed by atoms with E-state index < -0.39 is 0 Å². The van der Waals surface area contributed by atoms with Gasteiger partial charge in [0.2, 0.25) is 0 Å². The first-order valence-electron chi connectivity index (χ1n) is 30.2. The Morgan fingerprint density at radius 3 is 0.727 bits per heavy atom. The zero-order valence-corrected chi connectivity index (χ0v) is 48.7. The van der Waals surface area contributed by atoms with Gasteiger partial charge in [-0.1, -0.05) is 279 Å². The lowest BCUT2D eigenvalue weighted by molar-refractivity contribution is 0.978. The average Bonchev–Trinajstić information content (AvgIpc) is 1.01. The summed E-state index contributed by atoms with van der Waals surface area (Å²) in [6.45, 7) is 0. The molecular weight excluding hydrogens is 1060 g/mol. The van der Waals surface area contributed by atoms with Crippen LogP contribution in [0, 0.1) is 0 Å². The quantitative estimate of drug-likeness (QED) is 0.0842. The van der Waals surface area contributed by atoms with Crippen molar-refractivity contribution in [3.8, 4) is 55.6 Å². The lowest BCUT2D eigenvalue weighted by atomic mass is 9.80. The lowest BCUT2D eigenvalue weighted by Gasteiger charge is -2.33. The summed E-state index contributed by atoms with van der Waals surface area (Å²) in [6.07, 6.45) is 0. The Labute approximate surface area is 517 Å². The maximum Gasteiger partial charge on any atom is 0.0561 e. The molecule has 14 aromatic carbocycles. The van der Waals surface area contributed by atoms with Gasteiger partial charge in [0.15, 0.2) is 0 Å². The first-order valence-corrected chi connectivity index (χ1v) is 30.2. The van der Waals surface area contributed by atoms with E-state index >= 15 is 0 Å². The van der Waals surface area contributed by atoms with Gasteiger partial charge in [0.05, 0.1) is 5.69 Å². The molecule has 0 aliphatic rings. The molecular formula is C85H63N3. The van der Waals surface area contributed by atoms with Crippen molar-refractivity contribution in [2.75, 3.05) is 14.7 Å². The van der Waals surface area contributed by atoms with Gasteiger partial charge in [0, 0.05) is 57.0 Å². The number of para-hydroxylation sites is 2. The van der Waals surface area contributed by atoms with Crippen LogP contribution in [0.2, 0.25) is 0 Å². The summed E-state index contributed by atoms with van der Waals surface area (Å²) in [5, 5.41) is 0. The highest BCUT2D eigenvalue weighted by atomic mass is 15.2. The van der Waals surface area contributed by atoms with E-state index in [4.69, 9.17) is 0 Å². The molecule has 3 heteroatoms. The molecule has 0 aromatic heterocycles. The number of benzene rings is 14. The standard InChI is InChI=1S/C85H63N3/c1-9-25-63(26-10-1)67-41-49-75(50-42-67)86(76-51-43-68(44-52-76)64-27-11-2-12-28-64)79-57-59-81(83(61-79)85(71-33-17-5-18-34-71)72-35-19-6-20-36-72)82-60-58-80(62-84(82)88(73-37-21-7-22-38-73)74-39-23-8-24-40-74)87(77-53-45-69(46-54-77)65-29-13-3-14-30-65)78-55-47-70(48-56-78)66-31-15-4-16-32-66/h1-62,85H. The molecule has 14 rings (SSSR count). The largest absolute Gasteiger partial charge is 0.310 e. The maximum atomic E-state index is 2.46. The van der Waals surface area contributed by atoms with Crippen LogP contribution in [0.5, 0.6) is 0 Å². The Morgan fingerprint density at radius 2 is 0.409 bits per heavy atom. The summed E-state index contributed by atoms with van der Waals surface area (Å²) in [7, 11) is 0. The van der Waals surface area contributed by atoms with Gasteiger partial charge in [-0.3, -0.25) is 0 Å². The van der Waals surface area contributed by atoms with Crippen molar-refractivity contribution in [2.45, 2.75) is 5.92 Å². The maximum absolute atomic E-state index is 2.46. The van der Waals surface area contributed by atoms with Gasteiger partial charge in [-0.2, -0.15) is 0 Å². The molecule has 0 bridgehead atoms. The normalized spacial score (nSPS) is 11.1. The molecule has 0 radical (unpaired) electrons. The van der Waals surface area contributed by atoms with Crippen LogP contribution in [0.3, 0.4) is 0 Å². The Hall–Kier alpha value is -11.5. The van der Waals surface area contributed by atoms with Gasteiger partial charge in [-0.15, -0.1) is 0 Å². The van der Waals surface area contributed by atoms with Crippen molar-refractivity contribution in [3.05, 3.63) is 393 Å². The molecule has 0 saturated heterocycles. The first kappa shape index (κ1) is 54.4. The van der Waals surface area contributed by atoms with Crippen LogP contribution in [-0.2, 0) is 0 Å². The molecule has 0 amide bonds. The van der Waals surface area contributed by atoms with Crippen molar-refractivity contribution < 1.29 is 0 Å². The fraction of sp³-hybridized carbons (Fsp3) is 0.0118. The van der Waals surface area contributed by atoms with Crippen LogP contribution in [0.15, 0.2) is 376 Å². The van der Waals surface area contributed by atoms with Gasteiger partial charge >= 0.3 is 0 Å². The Morgan fingerprint density at radius 1 is 0.170 bits per heavy atom. The highest BCUT2D eigenvalue weighted by Crippen LogP contribution is 2.50. The van der Waals surface area contributed by atoms with Crippen LogP contribution in [0.4, 0.5) is 51.2 Å². The Balaban J connectivity index is 1.01. The Bertz CT molecular complexity index is 3990. The van der Waals surface area contributed by atoms with E-state index in [1.807, 2.05) is 0 Å². The third-order valence-electron chi connectivity index (χ3n) is 16.6. The van der Waals surface area contributed by atoms with Crippen LogP contribution >= 0.6 is 0 Å². The third kappa shape index (κ3) is 11.6. The minimum absolute atomic E-state index is 0.169. The smallest absolute Gasteiger partial charge is 0.0561 e. The average molecular weight is 1130 g/mol. The summed E-state index contributed by atoms with van der Waals surface area (Å²) < 4.78 is 0. The zero-order valence-electron chi connectivity index (χ0n) is 48.7. The molecule has 0 heterocycles. The Kier molecular flexibility index (Phi) is 15.7. The van der Waals surface area contributed by atoms with E-state index in [2.05, 4.69) is 391 Å². The topological polar surface area (TPSA) is 9.72 Å². The van der Waals surface area contributed by atoms with Gasteiger partial charge in [-0.25, -0.2) is 0 Å². The third-order valence-corrected chi connectivity index (χ3v) is 16.6. The van der Waals surface area contributed by atoms with Gasteiger partial charge in [-0.05, 0) is 164 Å². The summed E-state index contributed by atoms with van der Waals surface area (Å²) in [5.74, 6) is -0.169. The lowest BCUT2D eigenvalue weighted by Crippen LogP contribution is -2.15. The zero-order chi connectivity index (χ0) is 58.9. The fourth-order valence-electron chi connectivity index (χ4n) is 12.3.